The zero-order valence-corrected chi connectivity index (χ0v) is 13.5. The number of hydrogen-bond acceptors (Lipinski definition) is 10. The van der Waals surface area contributed by atoms with Gasteiger partial charge in [0.2, 0.25) is 0 Å². The van der Waals surface area contributed by atoms with Gasteiger partial charge in [-0.05, 0) is 12.3 Å². The molecule has 0 spiro atoms. The van der Waals surface area contributed by atoms with Crippen molar-refractivity contribution in [2.45, 2.75) is 75.3 Å². The number of aliphatic hydroxyl groups excluding tert-OH is 6. The summed E-state index contributed by atoms with van der Waals surface area (Å²) >= 11 is 0. The summed E-state index contributed by atoms with van der Waals surface area (Å²) in [7, 11) is 0. The van der Waals surface area contributed by atoms with Gasteiger partial charge < -0.3 is 45.2 Å². The van der Waals surface area contributed by atoms with Gasteiger partial charge in [-0.3, -0.25) is 4.74 Å². The maximum absolute atomic E-state index is 10.3. The highest BCUT2D eigenvalue weighted by Gasteiger charge is 2.58. The molecule has 10 heteroatoms. The zero-order valence-electron chi connectivity index (χ0n) is 13.5. The molecular weight excluding hydrogens is 328 g/mol. The van der Waals surface area contributed by atoms with Gasteiger partial charge in [0.1, 0.15) is 30.5 Å². The van der Waals surface area contributed by atoms with Crippen LogP contribution in [0, 0.1) is 5.92 Å². The first-order valence-electron chi connectivity index (χ1n) is 7.85. The molecule has 10 nitrogen and oxygen atoms in total. The molecule has 0 aromatic heterocycles. The lowest BCUT2D eigenvalue weighted by Gasteiger charge is -2.42. The minimum atomic E-state index is -2.67. The molecule has 0 aromatic rings. The molecule has 2 heterocycles. The summed E-state index contributed by atoms with van der Waals surface area (Å²) in [5, 5.41) is 68.8. The Balaban J connectivity index is 2.10. The van der Waals surface area contributed by atoms with Gasteiger partial charge >= 0.3 is 5.97 Å². The van der Waals surface area contributed by atoms with Crippen LogP contribution in [0.25, 0.3) is 0 Å². The van der Waals surface area contributed by atoms with Crippen molar-refractivity contribution in [1.82, 2.24) is 0 Å². The molecule has 2 aliphatic heterocycles. The lowest BCUT2D eigenvalue weighted by atomic mass is 9.99. The normalized spacial score (nSPS) is 49.8. The summed E-state index contributed by atoms with van der Waals surface area (Å²) in [6.07, 6.45) is -11.9. The van der Waals surface area contributed by atoms with Crippen LogP contribution in [0.1, 0.15) is 20.3 Å². The van der Waals surface area contributed by atoms with E-state index in [4.69, 9.17) is 19.3 Å². The number of aliphatic hydroxyl groups is 7. The summed E-state index contributed by atoms with van der Waals surface area (Å²) in [6.45, 7) is 3.04. The average molecular weight is 354 g/mol. The van der Waals surface area contributed by atoms with Gasteiger partial charge in [0.15, 0.2) is 12.4 Å². The molecule has 142 valence electrons. The third kappa shape index (κ3) is 3.73. The van der Waals surface area contributed by atoms with E-state index in [1.807, 2.05) is 13.8 Å². The Hall–Kier alpha value is -0.400. The number of rotatable bonds is 5. The highest BCUT2D eigenvalue weighted by molar-refractivity contribution is 4.94. The zero-order chi connectivity index (χ0) is 18.2. The highest BCUT2D eigenvalue weighted by Crippen LogP contribution is 2.36. The van der Waals surface area contributed by atoms with Gasteiger partial charge in [-0.1, -0.05) is 13.8 Å². The van der Waals surface area contributed by atoms with Crippen LogP contribution in [-0.4, -0.2) is 97.3 Å². The largest absolute Gasteiger partial charge is 0.394 e. The number of hydrogen-bond donors (Lipinski definition) is 7. The van der Waals surface area contributed by atoms with Gasteiger partial charge in [0.05, 0.1) is 12.7 Å². The van der Waals surface area contributed by atoms with E-state index < -0.39 is 61.6 Å². The van der Waals surface area contributed by atoms with Crippen molar-refractivity contribution in [3.63, 3.8) is 0 Å². The Morgan fingerprint density at radius 2 is 1.58 bits per heavy atom. The minimum absolute atomic E-state index is 0.103. The van der Waals surface area contributed by atoms with Crippen LogP contribution in [0.3, 0.4) is 0 Å². The van der Waals surface area contributed by atoms with E-state index in [9.17, 15) is 30.6 Å². The van der Waals surface area contributed by atoms with Crippen LogP contribution in [0.5, 0.6) is 0 Å². The Bertz CT molecular complexity index is 418. The predicted octanol–water partition coefficient (Wildman–Crippen LogP) is -3.38. The fourth-order valence-electron chi connectivity index (χ4n) is 2.86. The van der Waals surface area contributed by atoms with Crippen LogP contribution in [0.2, 0.25) is 0 Å². The van der Waals surface area contributed by atoms with Crippen molar-refractivity contribution >= 4 is 0 Å². The molecule has 1 unspecified atom stereocenters. The van der Waals surface area contributed by atoms with E-state index in [2.05, 4.69) is 0 Å². The van der Waals surface area contributed by atoms with Gasteiger partial charge in [-0.15, -0.1) is 0 Å². The van der Waals surface area contributed by atoms with Crippen molar-refractivity contribution in [2.75, 3.05) is 6.61 Å². The van der Waals surface area contributed by atoms with E-state index in [0.717, 1.165) is 0 Å². The molecule has 7 N–H and O–H groups in total. The molecular formula is C14H26O10. The Morgan fingerprint density at radius 1 is 0.958 bits per heavy atom. The van der Waals surface area contributed by atoms with E-state index in [-0.39, 0.29) is 5.92 Å². The van der Waals surface area contributed by atoms with Gasteiger partial charge in [-0.2, -0.15) is 0 Å². The molecule has 0 aliphatic carbocycles. The molecule has 0 radical (unpaired) electrons. The fourth-order valence-corrected chi connectivity index (χ4v) is 2.86. The smallest absolute Gasteiger partial charge is 0.313 e. The van der Waals surface area contributed by atoms with Crippen LogP contribution >= 0.6 is 0 Å². The van der Waals surface area contributed by atoms with Gasteiger partial charge in [0, 0.05) is 0 Å². The van der Waals surface area contributed by atoms with Crippen molar-refractivity contribution in [2.24, 2.45) is 5.92 Å². The van der Waals surface area contributed by atoms with E-state index in [1.165, 1.54) is 0 Å². The van der Waals surface area contributed by atoms with Crippen molar-refractivity contribution in [3.8, 4) is 0 Å². The summed E-state index contributed by atoms with van der Waals surface area (Å²) in [5.41, 5.74) is 0. The first-order chi connectivity index (χ1) is 11.1. The highest BCUT2D eigenvalue weighted by atomic mass is 16.9. The number of ether oxygens (including phenoxy) is 3. The molecule has 0 saturated carbocycles. The van der Waals surface area contributed by atoms with Gasteiger partial charge in [-0.25, -0.2) is 0 Å². The summed E-state index contributed by atoms with van der Waals surface area (Å²) < 4.78 is 15.4. The second-order valence-corrected chi connectivity index (χ2v) is 6.67. The Labute approximate surface area is 138 Å². The van der Waals surface area contributed by atoms with Crippen LogP contribution in [0.4, 0.5) is 0 Å². The van der Waals surface area contributed by atoms with Crippen LogP contribution < -0.4 is 0 Å². The Morgan fingerprint density at radius 3 is 2.12 bits per heavy atom. The molecule has 9 atom stereocenters. The second kappa shape index (κ2) is 7.46. The third-order valence-corrected chi connectivity index (χ3v) is 4.24. The van der Waals surface area contributed by atoms with E-state index >= 15 is 0 Å². The molecule has 2 fully saturated rings. The third-order valence-electron chi connectivity index (χ3n) is 4.24. The van der Waals surface area contributed by atoms with Crippen LogP contribution in [-0.2, 0) is 14.2 Å². The maximum Gasteiger partial charge on any atom is 0.313 e. The average Bonchev–Trinajstić information content (AvgIpc) is 2.71. The molecule has 2 rings (SSSR count). The molecule has 2 aliphatic rings. The monoisotopic (exact) mass is 354 g/mol. The SMILES string of the molecule is CC(C)C[C@H]1O[C@@](O)(OC2O[C@H](CO)[C@@H](O)[C@H](O)[C@H]2O)[C@@H](O)[C@@H]1O. The lowest BCUT2D eigenvalue weighted by molar-refractivity contribution is -0.442. The summed E-state index contributed by atoms with van der Waals surface area (Å²) in [5.74, 6) is -2.57. The molecule has 0 amide bonds. The maximum atomic E-state index is 10.3. The van der Waals surface area contributed by atoms with Crippen LogP contribution in [0.15, 0.2) is 0 Å². The molecule has 0 bridgehead atoms. The first-order valence-corrected chi connectivity index (χ1v) is 7.85. The lowest BCUT2D eigenvalue weighted by Crippen LogP contribution is -2.62. The van der Waals surface area contributed by atoms with E-state index in [0.29, 0.717) is 6.42 Å². The molecule has 24 heavy (non-hydrogen) atoms. The standard InChI is InChI=1S/C14H26O10/c1-5(2)3-6-9(17)12(20)14(21,23-6)24-13-11(19)10(18)8(16)7(4-15)22-13/h5-13,15-21H,3-4H2,1-2H3/t6-,7-,8-,9-,10+,11-,12+,13?,14-/m1/s1. The van der Waals surface area contributed by atoms with E-state index in [1.54, 1.807) is 0 Å². The fraction of sp³-hybridized carbons (Fsp3) is 1.00. The van der Waals surface area contributed by atoms with Crippen molar-refractivity contribution in [1.29, 1.82) is 0 Å². The Kier molecular flexibility index (Phi) is 6.19. The summed E-state index contributed by atoms with van der Waals surface area (Å²) in [4.78, 5) is 0. The summed E-state index contributed by atoms with van der Waals surface area (Å²) in [6, 6.07) is 0. The second-order valence-electron chi connectivity index (χ2n) is 6.67. The van der Waals surface area contributed by atoms with Crippen molar-refractivity contribution < 1.29 is 50.0 Å². The quantitative estimate of drug-likeness (QED) is 0.247. The first kappa shape index (κ1) is 19.9. The molecule has 0 aromatic carbocycles. The minimum Gasteiger partial charge on any atom is -0.394 e. The molecule has 2 saturated heterocycles. The van der Waals surface area contributed by atoms with Crippen molar-refractivity contribution in [3.05, 3.63) is 0 Å². The topological polar surface area (TPSA) is 169 Å². The predicted molar refractivity (Wildman–Crippen MR) is 76.1 cm³/mol. The van der Waals surface area contributed by atoms with Gasteiger partial charge in [0.25, 0.3) is 0 Å².